The molecule has 0 aliphatic heterocycles. The molecular weight excluding hydrogens is 236 g/mol. The zero-order chi connectivity index (χ0) is 10.2. The molecule has 0 radical (unpaired) electrons. The molecular formula is C13H25Br. The smallest absolute Gasteiger partial charge is 0.00314 e. The molecule has 0 aromatic rings. The minimum Gasteiger partial charge on any atom is -0.0928 e. The third kappa shape index (κ3) is 4.82. The van der Waals surface area contributed by atoms with Crippen LogP contribution < -0.4 is 0 Å². The first-order valence-corrected chi connectivity index (χ1v) is 7.55. The molecule has 14 heavy (non-hydrogen) atoms. The average molecular weight is 261 g/mol. The van der Waals surface area contributed by atoms with Crippen LogP contribution in [0.15, 0.2) is 0 Å². The molecule has 1 rings (SSSR count). The van der Waals surface area contributed by atoms with Crippen LogP contribution in [0, 0.1) is 11.8 Å². The van der Waals surface area contributed by atoms with Crippen molar-refractivity contribution in [3.05, 3.63) is 0 Å². The van der Waals surface area contributed by atoms with Crippen molar-refractivity contribution >= 4 is 15.9 Å². The summed E-state index contributed by atoms with van der Waals surface area (Å²) in [7, 11) is 0. The quantitative estimate of drug-likeness (QED) is 0.579. The highest BCUT2D eigenvalue weighted by atomic mass is 79.9. The predicted molar refractivity (Wildman–Crippen MR) is 68.0 cm³/mol. The van der Waals surface area contributed by atoms with E-state index in [4.69, 9.17) is 0 Å². The molecule has 1 aliphatic rings. The number of hydrogen-bond donors (Lipinski definition) is 0. The Labute approximate surface area is 98.0 Å². The molecule has 0 N–H and O–H groups in total. The lowest BCUT2D eigenvalue weighted by molar-refractivity contribution is 0.249. The standard InChI is InChI=1S/C13H25Br/c1-2-3-5-12-7-9-13(10-8-12)6-4-11-14/h12-13H,2-11H2,1H3. The molecule has 0 aromatic heterocycles. The second-order valence-corrected chi connectivity index (χ2v) is 5.65. The highest BCUT2D eigenvalue weighted by Gasteiger charge is 2.19. The van der Waals surface area contributed by atoms with Crippen molar-refractivity contribution in [1.29, 1.82) is 0 Å². The number of unbranched alkanes of at least 4 members (excludes halogenated alkanes) is 1. The van der Waals surface area contributed by atoms with Crippen LogP contribution in [0.3, 0.4) is 0 Å². The van der Waals surface area contributed by atoms with E-state index in [2.05, 4.69) is 22.9 Å². The van der Waals surface area contributed by atoms with Crippen molar-refractivity contribution in [3.63, 3.8) is 0 Å². The first kappa shape index (κ1) is 12.5. The van der Waals surface area contributed by atoms with Crippen molar-refractivity contribution in [3.8, 4) is 0 Å². The van der Waals surface area contributed by atoms with Crippen molar-refractivity contribution < 1.29 is 0 Å². The largest absolute Gasteiger partial charge is 0.0928 e. The Morgan fingerprint density at radius 3 is 1.86 bits per heavy atom. The first-order valence-electron chi connectivity index (χ1n) is 6.42. The lowest BCUT2D eigenvalue weighted by atomic mass is 9.78. The van der Waals surface area contributed by atoms with Gasteiger partial charge in [0.25, 0.3) is 0 Å². The monoisotopic (exact) mass is 260 g/mol. The predicted octanol–water partition coefficient (Wildman–Crippen LogP) is 5.16. The van der Waals surface area contributed by atoms with Crippen LogP contribution in [-0.4, -0.2) is 5.33 Å². The lowest BCUT2D eigenvalue weighted by Gasteiger charge is -2.28. The molecule has 0 saturated heterocycles. The molecule has 0 spiro atoms. The van der Waals surface area contributed by atoms with Crippen LogP contribution in [0.1, 0.15) is 64.7 Å². The highest BCUT2D eigenvalue weighted by Crippen LogP contribution is 2.34. The number of halogens is 1. The summed E-state index contributed by atoms with van der Waals surface area (Å²) >= 11 is 3.52. The van der Waals surface area contributed by atoms with Gasteiger partial charge in [-0.15, -0.1) is 0 Å². The van der Waals surface area contributed by atoms with E-state index in [9.17, 15) is 0 Å². The van der Waals surface area contributed by atoms with Gasteiger partial charge in [0.1, 0.15) is 0 Å². The molecule has 0 bridgehead atoms. The lowest BCUT2D eigenvalue weighted by Crippen LogP contribution is -2.14. The molecule has 1 heteroatoms. The molecule has 1 saturated carbocycles. The van der Waals surface area contributed by atoms with Gasteiger partial charge in [-0.3, -0.25) is 0 Å². The van der Waals surface area contributed by atoms with E-state index < -0.39 is 0 Å². The minimum atomic E-state index is 1.06. The maximum absolute atomic E-state index is 3.52. The van der Waals surface area contributed by atoms with E-state index in [1.54, 1.807) is 0 Å². The Bertz CT molecular complexity index is 109. The average Bonchev–Trinajstić information content (AvgIpc) is 2.25. The van der Waals surface area contributed by atoms with Gasteiger partial charge in [-0.05, 0) is 24.7 Å². The second-order valence-electron chi connectivity index (χ2n) is 4.86. The Hall–Kier alpha value is 0.480. The maximum atomic E-state index is 3.52. The summed E-state index contributed by atoms with van der Waals surface area (Å²) in [4.78, 5) is 0. The van der Waals surface area contributed by atoms with Gasteiger partial charge in [-0.25, -0.2) is 0 Å². The van der Waals surface area contributed by atoms with Crippen LogP contribution in [0.2, 0.25) is 0 Å². The van der Waals surface area contributed by atoms with E-state index in [-0.39, 0.29) is 0 Å². The molecule has 84 valence electrons. The Morgan fingerprint density at radius 2 is 1.43 bits per heavy atom. The fourth-order valence-corrected chi connectivity index (χ4v) is 2.99. The van der Waals surface area contributed by atoms with Gasteiger partial charge in [-0.2, -0.15) is 0 Å². The van der Waals surface area contributed by atoms with Gasteiger partial charge in [0.05, 0.1) is 0 Å². The first-order chi connectivity index (χ1) is 6.86. The van der Waals surface area contributed by atoms with Crippen molar-refractivity contribution in [2.75, 3.05) is 5.33 Å². The normalized spacial score (nSPS) is 27.9. The number of alkyl halides is 1. The van der Waals surface area contributed by atoms with Crippen LogP contribution in [0.5, 0.6) is 0 Å². The van der Waals surface area contributed by atoms with E-state index in [1.165, 1.54) is 63.1 Å². The Morgan fingerprint density at radius 1 is 0.929 bits per heavy atom. The third-order valence-corrected chi connectivity index (χ3v) is 4.24. The van der Waals surface area contributed by atoms with Gasteiger partial charge < -0.3 is 0 Å². The summed E-state index contributed by atoms with van der Waals surface area (Å²) in [5.74, 6) is 2.14. The van der Waals surface area contributed by atoms with Gasteiger partial charge in [-0.1, -0.05) is 67.8 Å². The molecule has 1 aliphatic carbocycles. The van der Waals surface area contributed by atoms with Gasteiger partial charge in [0.2, 0.25) is 0 Å². The van der Waals surface area contributed by atoms with Crippen LogP contribution in [0.4, 0.5) is 0 Å². The SMILES string of the molecule is CCCCC1CCC(CCCBr)CC1. The highest BCUT2D eigenvalue weighted by molar-refractivity contribution is 9.09. The Kier molecular flexibility index (Phi) is 6.93. The molecule has 0 heterocycles. The fraction of sp³-hybridized carbons (Fsp3) is 1.00. The van der Waals surface area contributed by atoms with E-state index in [0.717, 1.165) is 11.8 Å². The molecule has 0 atom stereocenters. The van der Waals surface area contributed by atoms with E-state index in [0.29, 0.717) is 0 Å². The zero-order valence-corrected chi connectivity index (χ0v) is 11.2. The van der Waals surface area contributed by atoms with Crippen molar-refractivity contribution in [2.24, 2.45) is 11.8 Å². The topological polar surface area (TPSA) is 0 Å². The zero-order valence-electron chi connectivity index (χ0n) is 9.60. The van der Waals surface area contributed by atoms with Gasteiger partial charge in [0.15, 0.2) is 0 Å². The summed E-state index contributed by atoms with van der Waals surface area (Å²) < 4.78 is 0. The molecule has 1 fully saturated rings. The number of hydrogen-bond acceptors (Lipinski definition) is 0. The molecule has 0 unspecified atom stereocenters. The second kappa shape index (κ2) is 7.73. The summed E-state index contributed by atoms with van der Waals surface area (Å²) in [6.45, 7) is 2.31. The van der Waals surface area contributed by atoms with E-state index in [1.807, 2.05) is 0 Å². The van der Waals surface area contributed by atoms with Gasteiger partial charge >= 0.3 is 0 Å². The van der Waals surface area contributed by atoms with E-state index >= 15 is 0 Å². The molecule has 0 aromatic carbocycles. The van der Waals surface area contributed by atoms with Crippen LogP contribution >= 0.6 is 15.9 Å². The van der Waals surface area contributed by atoms with Gasteiger partial charge in [0, 0.05) is 5.33 Å². The summed E-state index contributed by atoms with van der Waals surface area (Å²) in [6, 6.07) is 0. The summed E-state index contributed by atoms with van der Waals surface area (Å²) in [6.07, 6.45) is 13.3. The minimum absolute atomic E-state index is 1.06. The molecule has 0 amide bonds. The van der Waals surface area contributed by atoms with Crippen molar-refractivity contribution in [1.82, 2.24) is 0 Å². The Balaban J connectivity index is 2.05. The third-order valence-electron chi connectivity index (χ3n) is 3.68. The van der Waals surface area contributed by atoms with Crippen LogP contribution in [-0.2, 0) is 0 Å². The van der Waals surface area contributed by atoms with Crippen LogP contribution in [0.25, 0.3) is 0 Å². The summed E-state index contributed by atoms with van der Waals surface area (Å²) in [5, 5.41) is 1.20. The van der Waals surface area contributed by atoms with Crippen molar-refractivity contribution in [2.45, 2.75) is 64.7 Å². The fourth-order valence-electron chi connectivity index (χ4n) is 2.67. The maximum Gasteiger partial charge on any atom is 0.00314 e. The summed E-state index contributed by atoms with van der Waals surface area (Å²) in [5.41, 5.74) is 0. The number of rotatable bonds is 6. The molecule has 0 nitrogen and oxygen atoms in total.